The molecule has 2 heteroatoms. The lowest BCUT2D eigenvalue weighted by Gasteiger charge is -2.06. The van der Waals surface area contributed by atoms with Crippen LogP contribution in [0, 0.1) is 5.92 Å². The van der Waals surface area contributed by atoms with Crippen molar-refractivity contribution in [3.63, 3.8) is 0 Å². The second-order valence-electron chi connectivity index (χ2n) is 4.17. The Bertz CT molecular complexity index is 284. The van der Waals surface area contributed by atoms with E-state index in [9.17, 15) is 0 Å². The molecule has 0 aliphatic carbocycles. The van der Waals surface area contributed by atoms with Gasteiger partial charge in [0.25, 0.3) is 0 Å². The molecule has 0 aromatic heterocycles. The summed E-state index contributed by atoms with van der Waals surface area (Å²) in [5, 5.41) is 0.801. The van der Waals surface area contributed by atoms with Crippen LogP contribution in [0.5, 0.6) is 0 Å². The predicted molar refractivity (Wildman–Crippen MR) is 65.4 cm³/mol. The topological polar surface area (TPSA) is 9.23 Å². The molecule has 0 aliphatic rings. The van der Waals surface area contributed by atoms with Crippen LogP contribution in [0.2, 0.25) is 5.02 Å². The highest BCUT2D eigenvalue weighted by Crippen LogP contribution is 2.11. The van der Waals surface area contributed by atoms with E-state index < -0.39 is 0 Å². The average molecular weight is 227 g/mol. The molecule has 84 valence electrons. The van der Waals surface area contributed by atoms with Gasteiger partial charge in [0.1, 0.15) is 0 Å². The van der Waals surface area contributed by atoms with Gasteiger partial charge in [-0.3, -0.25) is 0 Å². The monoisotopic (exact) mass is 226 g/mol. The van der Waals surface area contributed by atoms with Crippen LogP contribution in [0.3, 0.4) is 0 Å². The zero-order valence-electron chi connectivity index (χ0n) is 9.50. The number of hydrogen-bond acceptors (Lipinski definition) is 1. The van der Waals surface area contributed by atoms with Crippen LogP contribution >= 0.6 is 11.6 Å². The molecule has 0 bridgehead atoms. The first kappa shape index (κ1) is 12.5. The Balaban J connectivity index is 2.15. The molecule has 15 heavy (non-hydrogen) atoms. The van der Waals surface area contributed by atoms with Crippen molar-refractivity contribution >= 4 is 11.6 Å². The van der Waals surface area contributed by atoms with Crippen LogP contribution in [0.1, 0.15) is 25.8 Å². The van der Waals surface area contributed by atoms with Gasteiger partial charge in [-0.25, -0.2) is 0 Å². The summed E-state index contributed by atoms with van der Waals surface area (Å²) in [6, 6.07) is 7.95. The van der Waals surface area contributed by atoms with E-state index in [0.29, 0.717) is 0 Å². The van der Waals surface area contributed by atoms with E-state index in [2.05, 4.69) is 19.9 Å². The van der Waals surface area contributed by atoms with Crippen LogP contribution in [0.15, 0.2) is 24.3 Å². The van der Waals surface area contributed by atoms with Crippen molar-refractivity contribution in [3.05, 3.63) is 34.9 Å². The third kappa shape index (κ3) is 5.81. The molecular formula is C13H19ClO. The van der Waals surface area contributed by atoms with E-state index in [0.717, 1.165) is 37.0 Å². The van der Waals surface area contributed by atoms with Gasteiger partial charge in [0.2, 0.25) is 0 Å². The maximum Gasteiger partial charge on any atom is 0.0506 e. The van der Waals surface area contributed by atoms with E-state index in [4.69, 9.17) is 16.3 Å². The van der Waals surface area contributed by atoms with Gasteiger partial charge in [-0.2, -0.15) is 0 Å². The van der Waals surface area contributed by atoms with E-state index in [1.807, 2.05) is 18.2 Å². The lowest BCUT2D eigenvalue weighted by Crippen LogP contribution is -2.02. The fraction of sp³-hybridized carbons (Fsp3) is 0.538. The summed E-state index contributed by atoms with van der Waals surface area (Å²) in [4.78, 5) is 0. The van der Waals surface area contributed by atoms with Crippen molar-refractivity contribution < 1.29 is 4.74 Å². The first-order valence-corrected chi connectivity index (χ1v) is 5.88. The van der Waals surface area contributed by atoms with E-state index in [1.165, 1.54) is 5.56 Å². The quantitative estimate of drug-likeness (QED) is 0.668. The summed E-state index contributed by atoms with van der Waals surface area (Å²) in [7, 11) is 0. The lowest BCUT2D eigenvalue weighted by atomic mass is 10.1. The average Bonchev–Trinajstić information content (AvgIpc) is 2.17. The highest BCUT2D eigenvalue weighted by molar-refractivity contribution is 6.30. The molecule has 0 amide bonds. The normalized spacial score (nSPS) is 10.9. The van der Waals surface area contributed by atoms with Crippen LogP contribution in [0.25, 0.3) is 0 Å². The molecule has 1 rings (SSSR count). The van der Waals surface area contributed by atoms with E-state index in [-0.39, 0.29) is 0 Å². The Kier molecular flexibility index (Phi) is 5.74. The van der Waals surface area contributed by atoms with Gasteiger partial charge in [-0.15, -0.1) is 0 Å². The largest absolute Gasteiger partial charge is 0.381 e. The summed E-state index contributed by atoms with van der Waals surface area (Å²) in [5.41, 5.74) is 1.24. The Morgan fingerprint density at radius 2 is 2.07 bits per heavy atom. The van der Waals surface area contributed by atoms with Gasteiger partial charge < -0.3 is 4.74 Å². The van der Waals surface area contributed by atoms with Crippen LogP contribution < -0.4 is 0 Å². The van der Waals surface area contributed by atoms with E-state index >= 15 is 0 Å². The molecule has 0 fully saturated rings. The molecule has 1 aromatic carbocycles. The van der Waals surface area contributed by atoms with Crippen molar-refractivity contribution in [2.24, 2.45) is 5.92 Å². The minimum atomic E-state index is 0.719. The highest BCUT2D eigenvalue weighted by atomic mass is 35.5. The molecule has 0 atom stereocenters. The van der Waals surface area contributed by atoms with Gasteiger partial charge in [0, 0.05) is 11.6 Å². The SMILES string of the molecule is CC(C)CCOCCc1cccc(Cl)c1. The fourth-order valence-corrected chi connectivity index (χ4v) is 1.52. The molecule has 0 unspecified atom stereocenters. The van der Waals surface area contributed by atoms with Crippen molar-refractivity contribution in [2.45, 2.75) is 26.7 Å². The summed E-state index contributed by atoms with van der Waals surface area (Å²) in [6.45, 7) is 6.06. The van der Waals surface area contributed by atoms with Gasteiger partial charge in [0.05, 0.1) is 6.61 Å². The molecule has 0 radical (unpaired) electrons. The number of benzene rings is 1. The maximum atomic E-state index is 5.89. The third-order valence-electron chi connectivity index (χ3n) is 2.26. The van der Waals surface area contributed by atoms with Crippen molar-refractivity contribution in [2.75, 3.05) is 13.2 Å². The Labute approximate surface area is 97.4 Å². The molecule has 0 saturated heterocycles. The molecule has 0 saturated carbocycles. The molecule has 1 aromatic rings. The zero-order chi connectivity index (χ0) is 11.1. The first-order valence-electron chi connectivity index (χ1n) is 5.50. The van der Waals surface area contributed by atoms with Gasteiger partial charge in [0.15, 0.2) is 0 Å². The number of ether oxygens (including phenoxy) is 1. The predicted octanol–water partition coefficient (Wildman–Crippen LogP) is 3.95. The standard InChI is InChI=1S/C13H19ClO/c1-11(2)6-8-15-9-7-12-4-3-5-13(14)10-12/h3-5,10-11H,6-9H2,1-2H3. The molecular weight excluding hydrogens is 208 g/mol. The first-order chi connectivity index (χ1) is 7.18. The molecule has 0 spiro atoms. The molecule has 1 nitrogen and oxygen atoms in total. The second-order valence-corrected chi connectivity index (χ2v) is 4.61. The summed E-state index contributed by atoms with van der Waals surface area (Å²) < 4.78 is 5.55. The smallest absolute Gasteiger partial charge is 0.0506 e. The second kappa shape index (κ2) is 6.86. The Morgan fingerprint density at radius 3 is 2.73 bits per heavy atom. The zero-order valence-corrected chi connectivity index (χ0v) is 10.3. The van der Waals surface area contributed by atoms with Crippen LogP contribution in [-0.4, -0.2) is 13.2 Å². The van der Waals surface area contributed by atoms with Crippen molar-refractivity contribution in [3.8, 4) is 0 Å². The molecule has 0 N–H and O–H groups in total. The number of halogens is 1. The van der Waals surface area contributed by atoms with Gasteiger partial charge in [-0.1, -0.05) is 37.6 Å². The van der Waals surface area contributed by atoms with E-state index in [1.54, 1.807) is 0 Å². The summed E-state index contributed by atoms with van der Waals surface area (Å²) in [5.74, 6) is 0.719. The Hall–Kier alpha value is -0.530. The van der Waals surface area contributed by atoms with Gasteiger partial charge in [-0.05, 0) is 36.5 Å². The minimum Gasteiger partial charge on any atom is -0.381 e. The minimum absolute atomic E-state index is 0.719. The van der Waals surface area contributed by atoms with Crippen molar-refractivity contribution in [1.29, 1.82) is 0 Å². The van der Waals surface area contributed by atoms with Crippen molar-refractivity contribution in [1.82, 2.24) is 0 Å². The molecule has 0 heterocycles. The third-order valence-corrected chi connectivity index (χ3v) is 2.50. The highest BCUT2D eigenvalue weighted by Gasteiger charge is 1.96. The Morgan fingerprint density at radius 1 is 1.27 bits per heavy atom. The van der Waals surface area contributed by atoms with Gasteiger partial charge >= 0.3 is 0 Å². The number of rotatable bonds is 6. The summed E-state index contributed by atoms with van der Waals surface area (Å²) >= 11 is 5.89. The fourth-order valence-electron chi connectivity index (χ4n) is 1.30. The lowest BCUT2D eigenvalue weighted by molar-refractivity contribution is 0.126. The van der Waals surface area contributed by atoms with Crippen LogP contribution in [-0.2, 0) is 11.2 Å². The number of hydrogen-bond donors (Lipinski definition) is 0. The summed E-state index contributed by atoms with van der Waals surface area (Å²) in [6.07, 6.45) is 2.08. The molecule has 0 aliphatic heterocycles. The van der Waals surface area contributed by atoms with Crippen LogP contribution in [0.4, 0.5) is 0 Å². The maximum absolute atomic E-state index is 5.89.